The summed E-state index contributed by atoms with van der Waals surface area (Å²) in [6, 6.07) is 0. The molecule has 0 aliphatic carbocycles. The van der Waals surface area contributed by atoms with Gasteiger partial charge in [0, 0.05) is 12.4 Å². The lowest BCUT2D eigenvalue weighted by molar-refractivity contribution is 0.538. The molecule has 0 amide bonds. The van der Waals surface area contributed by atoms with Crippen molar-refractivity contribution in [1.82, 2.24) is 15.0 Å². The van der Waals surface area contributed by atoms with E-state index in [1.165, 1.54) is 0 Å². The molecule has 13 heavy (non-hydrogen) atoms. The second kappa shape index (κ2) is 2.97. The molecule has 0 saturated heterocycles. The van der Waals surface area contributed by atoms with Gasteiger partial charge in [-0.2, -0.15) is 0 Å². The average molecular weight is 175 g/mol. The second-order valence-electron chi connectivity index (χ2n) is 2.86. The van der Waals surface area contributed by atoms with E-state index >= 15 is 0 Å². The Labute approximate surface area is 75.7 Å². The van der Waals surface area contributed by atoms with E-state index in [1.54, 1.807) is 18.6 Å². The van der Waals surface area contributed by atoms with E-state index in [1.807, 2.05) is 13.8 Å². The normalized spacial score (nSPS) is 10.3. The molecule has 66 valence electrons. The Bertz CT molecular complexity index is 405. The van der Waals surface area contributed by atoms with Crippen LogP contribution in [0.25, 0.3) is 11.7 Å². The Morgan fingerprint density at radius 1 is 1.00 bits per heavy atom. The van der Waals surface area contributed by atoms with Gasteiger partial charge in [-0.1, -0.05) is 0 Å². The molecule has 0 aliphatic heterocycles. The van der Waals surface area contributed by atoms with Gasteiger partial charge in [0.05, 0.1) is 6.20 Å². The molecule has 2 rings (SSSR count). The van der Waals surface area contributed by atoms with Crippen LogP contribution in [0, 0.1) is 13.8 Å². The molecule has 0 spiro atoms. The molecule has 2 aromatic heterocycles. The van der Waals surface area contributed by atoms with Crippen LogP contribution < -0.4 is 0 Å². The Morgan fingerprint density at radius 2 is 1.69 bits per heavy atom. The molecular weight excluding hydrogens is 166 g/mol. The molecule has 0 aliphatic rings. The number of hydrogen-bond acceptors (Lipinski definition) is 4. The molecule has 4 nitrogen and oxygen atoms in total. The first kappa shape index (κ1) is 7.91. The van der Waals surface area contributed by atoms with Crippen molar-refractivity contribution in [3.63, 3.8) is 0 Å². The van der Waals surface area contributed by atoms with Crippen molar-refractivity contribution in [2.45, 2.75) is 13.8 Å². The first-order chi connectivity index (χ1) is 6.25. The number of hydrogen-bond donors (Lipinski definition) is 0. The molecule has 2 aromatic rings. The van der Waals surface area contributed by atoms with Crippen LogP contribution in [0.2, 0.25) is 0 Å². The minimum atomic E-state index is 0.470. The fourth-order valence-corrected chi connectivity index (χ4v) is 0.961. The maximum Gasteiger partial charge on any atom is 0.265 e. The number of nitrogens with zero attached hydrogens (tertiary/aromatic N) is 3. The number of oxazole rings is 1. The van der Waals surface area contributed by atoms with Gasteiger partial charge in [-0.15, -0.1) is 0 Å². The Kier molecular flexibility index (Phi) is 1.81. The monoisotopic (exact) mass is 175 g/mol. The Hall–Kier alpha value is -1.71. The maximum atomic E-state index is 5.27. The third-order valence-corrected chi connectivity index (χ3v) is 1.59. The Balaban J connectivity index is 2.41. The molecule has 2 heterocycles. The van der Waals surface area contributed by atoms with Crippen molar-refractivity contribution in [3.05, 3.63) is 29.9 Å². The van der Waals surface area contributed by atoms with Crippen molar-refractivity contribution in [2.24, 2.45) is 0 Å². The van der Waals surface area contributed by atoms with Crippen molar-refractivity contribution in [1.29, 1.82) is 0 Å². The molecule has 0 N–H and O–H groups in total. The summed E-state index contributed by atoms with van der Waals surface area (Å²) in [6.45, 7) is 3.77. The number of aryl methyl sites for hydroxylation is 2. The minimum absolute atomic E-state index is 0.470. The maximum absolute atomic E-state index is 5.27. The van der Waals surface area contributed by atoms with Crippen molar-refractivity contribution in [3.8, 4) is 11.7 Å². The zero-order chi connectivity index (χ0) is 9.26. The summed E-state index contributed by atoms with van der Waals surface area (Å²) in [4.78, 5) is 12.2. The smallest absolute Gasteiger partial charge is 0.265 e. The molecular formula is C9H9N3O. The third kappa shape index (κ3) is 1.56. The van der Waals surface area contributed by atoms with Gasteiger partial charge >= 0.3 is 0 Å². The molecule has 4 heteroatoms. The first-order valence-electron chi connectivity index (χ1n) is 3.97. The standard InChI is InChI=1S/C9H9N3O/c1-6-3-10-8(11-4-6)9-12-5-7(2)13-9/h3-5H,1-2H3. The topological polar surface area (TPSA) is 51.8 Å². The number of rotatable bonds is 1. The molecule has 0 unspecified atom stereocenters. The molecule has 0 radical (unpaired) electrons. The van der Waals surface area contributed by atoms with Crippen LogP contribution in [-0.2, 0) is 0 Å². The lowest BCUT2D eigenvalue weighted by Gasteiger charge is -1.93. The zero-order valence-corrected chi connectivity index (χ0v) is 7.48. The lowest BCUT2D eigenvalue weighted by atomic mass is 10.4. The van der Waals surface area contributed by atoms with Crippen molar-refractivity contribution >= 4 is 0 Å². The van der Waals surface area contributed by atoms with E-state index in [0.717, 1.165) is 11.3 Å². The summed E-state index contributed by atoms with van der Waals surface area (Å²) in [5.41, 5.74) is 1.02. The van der Waals surface area contributed by atoms with Crippen LogP contribution in [0.1, 0.15) is 11.3 Å². The van der Waals surface area contributed by atoms with E-state index in [2.05, 4.69) is 15.0 Å². The largest absolute Gasteiger partial charge is 0.439 e. The summed E-state index contributed by atoms with van der Waals surface area (Å²) < 4.78 is 5.27. The van der Waals surface area contributed by atoms with Crippen LogP contribution in [0.3, 0.4) is 0 Å². The van der Waals surface area contributed by atoms with Gasteiger partial charge in [0.1, 0.15) is 5.76 Å². The van der Waals surface area contributed by atoms with E-state index < -0.39 is 0 Å². The molecule has 0 bridgehead atoms. The van der Waals surface area contributed by atoms with Gasteiger partial charge < -0.3 is 4.42 Å². The fraction of sp³-hybridized carbons (Fsp3) is 0.222. The average Bonchev–Trinajstić information content (AvgIpc) is 2.53. The van der Waals surface area contributed by atoms with E-state index in [9.17, 15) is 0 Å². The van der Waals surface area contributed by atoms with E-state index in [0.29, 0.717) is 11.7 Å². The zero-order valence-electron chi connectivity index (χ0n) is 7.48. The highest BCUT2D eigenvalue weighted by Crippen LogP contribution is 2.13. The summed E-state index contributed by atoms with van der Waals surface area (Å²) in [5, 5.41) is 0. The molecule has 0 atom stereocenters. The predicted molar refractivity (Wildman–Crippen MR) is 47.0 cm³/mol. The minimum Gasteiger partial charge on any atom is -0.439 e. The van der Waals surface area contributed by atoms with E-state index in [4.69, 9.17) is 4.42 Å². The van der Waals surface area contributed by atoms with Crippen LogP contribution in [0.5, 0.6) is 0 Å². The van der Waals surface area contributed by atoms with Crippen LogP contribution in [0.15, 0.2) is 23.0 Å². The van der Waals surface area contributed by atoms with Crippen molar-refractivity contribution in [2.75, 3.05) is 0 Å². The summed E-state index contributed by atoms with van der Waals surface area (Å²) in [5.74, 6) is 1.76. The van der Waals surface area contributed by atoms with Crippen LogP contribution >= 0.6 is 0 Å². The fourth-order valence-electron chi connectivity index (χ4n) is 0.961. The molecule has 0 saturated carbocycles. The lowest BCUT2D eigenvalue weighted by Crippen LogP contribution is -1.88. The van der Waals surface area contributed by atoms with Gasteiger partial charge in [-0.05, 0) is 19.4 Å². The summed E-state index contributed by atoms with van der Waals surface area (Å²) in [6.07, 6.45) is 5.13. The van der Waals surface area contributed by atoms with Crippen molar-refractivity contribution < 1.29 is 4.42 Å². The van der Waals surface area contributed by atoms with Gasteiger partial charge in [-0.3, -0.25) is 0 Å². The number of aromatic nitrogens is 3. The van der Waals surface area contributed by atoms with E-state index in [-0.39, 0.29) is 0 Å². The van der Waals surface area contributed by atoms with Gasteiger partial charge in [0.25, 0.3) is 5.89 Å². The molecule has 0 aromatic carbocycles. The molecule has 0 fully saturated rings. The Morgan fingerprint density at radius 3 is 2.23 bits per heavy atom. The third-order valence-electron chi connectivity index (χ3n) is 1.59. The van der Waals surface area contributed by atoms with Gasteiger partial charge in [-0.25, -0.2) is 15.0 Å². The SMILES string of the molecule is Cc1cnc(-c2ncc(C)o2)nc1. The predicted octanol–water partition coefficient (Wildman–Crippen LogP) is 1.75. The summed E-state index contributed by atoms with van der Waals surface area (Å²) >= 11 is 0. The van der Waals surface area contributed by atoms with Crippen LogP contribution in [0.4, 0.5) is 0 Å². The van der Waals surface area contributed by atoms with Gasteiger partial charge in [0.15, 0.2) is 0 Å². The van der Waals surface area contributed by atoms with Crippen LogP contribution in [-0.4, -0.2) is 15.0 Å². The summed E-state index contributed by atoms with van der Waals surface area (Å²) in [7, 11) is 0. The highest BCUT2D eigenvalue weighted by atomic mass is 16.4. The second-order valence-corrected chi connectivity index (χ2v) is 2.86. The first-order valence-corrected chi connectivity index (χ1v) is 3.97. The quantitative estimate of drug-likeness (QED) is 0.662. The van der Waals surface area contributed by atoms with Gasteiger partial charge in [0.2, 0.25) is 5.82 Å². The highest BCUT2D eigenvalue weighted by Gasteiger charge is 2.05. The highest BCUT2D eigenvalue weighted by molar-refractivity contribution is 5.39.